The molecular formula is C17H20N4O. The van der Waals surface area contributed by atoms with Crippen molar-refractivity contribution in [3.63, 3.8) is 0 Å². The Morgan fingerprint density at radius 3 is 2.59 bits per heavy atom. The Labute approximate surface area is 130 Å². The van der Waals surface area contributed by atoms with E-state index in [0.29, 0.717) is 5.69 Å². The zero-order chi connectivity index (χ0) is 15.2. The number of nitrogens with zero attached hydrogens (tertiary/aromatic N) is 3. The van der Waals surface area contributed by atoms with Crippen LogP contribution in [0.1, 0.15) is 16.1 Å². The van der Waals surface area contributed by atoms with E-state index in [2.05, 4.69) is 39.4 Å². The molecule has 2 heterocycles. The summed E-state index contributed by atoms with van der Waals surface area (Å²) in [5.74, 6) is 0.0389. The average Bonchev–Trinajstić information content (AvgIpc) is 3.10. The molecule has 0 atom stereocenters. The van der Waals surface area contributed by atoms with E-state index in [9.17, 15) is 4.79 Å². The number of aromatic amines is 1. The molecule has 22 heavy (non-hydrogen) atoms. The molecule has 0 saturated carbocycles. The van der Waals surface area contributed by atoms with Gasteiger partial charge in [0.1, 0.15) is 5.69 Å². The molecule has 2 aromatic rings. The maximum atomic E-state index is 12.2. The summed E-state index contributed by atoms with van der Waals surface area (Å²) < 4.78 is 0. The molecule has 1 fully saturated rings. The molecule has 0 bridgehead atoms. The van der Waals surface area contributed by atoms with E-state index in [1.54, 1.807) is 12.3 Å². The molecule has 1 aromatic carbocycles. The van der Waals surface area contributed by atoms with Gasteiger partial charge in [-0.25, -0.2) is 0 Å². The average molecular weight is 296 g/mol. The fourth-order valence-corrected chi connectivity index (χ4v) is 2.58. The van der Waals surface area contributed by atoms with E-state index in [1.807, 2.05) is 23.1 Å². The maximum Gasteiger partial charge on any atom is 0.271 e. The van der Waals surface area contributed by atoms with Crippen molar-refractivity contribution in [3.05, 3.63) is 59.9 Å². The van der Waals surface area contributed by atoms with Crippen LogP contribution in [0.25, 0.3) is 6.08 Å². The lowest BCUT2D eigenvalue weighted by molar-refractivity contribution is 0.0644. The van der Waals surface area contributed by atoms with E-state index in [-0.39, 0.29) is 5.91 Å². The lowest BCUT2D eigenvalue weighted by atomic mass is 10.2. The standard InChI is InChI=1S/C17H20N4O/c22-17(16-8-9-18-19-16)21-13-11-20(12-14-21)10-4-7-15-5-2-1-3-6-15/h1-9H,10-14H2,(H,18,19)/b7-4+. The molecule has 5 nitrogen and oxygen atoms in total. The normalized spacial score (nSPS) is 16.3. The number of hydrogen-bond donors (Lipinski definition) is 1. The molecule has 3 rings (SSSR count). The SMILES string of the molecule is O=C(c1ccn[nH]1)N1CCN(C/C=C/c2ccccc2)CC1. The van der Waals surface area contributed by atoms with Gasteiger partial charge in [0.05, 0.1) is 0 Å². The highest BCUT2D eigenvalue weighted by Crippen LogP contribution is 2.07. The van der Waals surface area contributed by atoms with Gasteiger partial charge in [-0.1, -0.05) is 42.5 Å². The molecule has 5 heteroatoms. The zero-order valence-electron chi connectivity index (χ0n) is 12.5. The van der Waals surface area contributed by atoms with E-state index in [0.717, 1.165) is 32.7 Å². The minimum absolute atomic E-state index is 0.0389. The van der Waals surface area contributed by atoms with Crippen LogP contribution < -0.4 is 0 Å². The van der Waals surface area contributed by atoms with Gasteiger partial charge in [-0.3, -0.25) is 14.8 Å². The summed E-state index contributed by atoms with van der Waals surface area (Å²) in [6.45, 7) is 4.24. The van der Waals surface area contributed by atoms with Crippen molar-refractivity contribution in [2.45, 2.75) is 0 Å². The number of hydrogen-bond acceptors (Lipinski definition) is 3. The van der Waals surface area contributed by atoms with Crippen molar-refractivity contribution in [2.75, 3.05) is 32.7 Å². The van der Waals surface area contributed by atoms with Crippen molar-refractivity contribution in [1.29, 1.82) is 0 Å². The largest absolute Gasteiger partial charge is 0.335 e. The summed E-state index contributed by atoms with van der Waals surface area (Å²) in [6.07, 6.45) is 5.93. The van der Waals surface area contributed by atoms with Crippen molar-refractivity contribution >= 4 is 12.0 Å². The third kappa shape index (κ3) is 3.62. The number of nitrogens with one attached hydrogen (secondary N) is 1. The minimum atomic E-state index is 0.0389. The van der Waals surface area contributed by atoms with Gasteiger partial charge in [-0.05, 0) is 11.6 Å². The molecule has 0 spiro atoms. The quantitative estimate of drug-likeness (QED) is 0.937. The van der Waals surface area contributed by atoms with Gasteiger partial charge in [0.25, 0.3) is 5.91 Å². The van der Waals surface area contributed by atoms with Gasteiger partial charge in [0, 0.05) is 38.9 Å². The summed E-state index contributed by atoms with van der Waals surface area (Å²) in [4.78, 5) is 16.4. The highest BCUT2D eigenvalue weighted by atomic mass is 16.2. The van der Waals surface area contributed by atoms with Crippen LogP contribution >= 0.6 is 0 Å². The van der Waals surface area contributed by atoms with Gasteiger partial charge in [-0.2, -0.15) is 5.10 Å². The number of benzene rings is 1. The summed E-state index contributed by atoms with van der Waals surface area (Å²) in [5.41, 5.74) is 1.79. The van der Waals surface area contributed by atoms with Gasteiger partial charge >= 0.3 is 0 Å². The predicted molar refractivity (Wildman–Crippen MR) is 86.4 cm³/mol. The fourth-order valence-electron chi connectivity index (χ4n) is 2.58. The third-order valence-corrected chi connectivity index (χ3v) is 3.86. The molecule has 0 unspecified atom stereocenters. The molecule has 1 N–H and O–H groups in total. The first-order valence-corrected chi connectivity index (χ1v) is 7.55. The van der Waals surface area contributed by atoms with Crippen molar-refractivity contribution in [2.24, 2.45) is 0 Å². The Morgan fingerprint density at radius 2 is 1.91 bits per heavy atom. The van der Waals surface area contributed by atoms with Gasteiger partial charge in [0.2, 0.25) is 0 Å². The van der Waals surface area contributed by atoms with Gasteiger partial charge in [0.15, 0.2) is 0 Å². The topological polar surface area (TPSA) is 52.2 Å². The summed E-state index contributed by atoms with van der Waals surface area (Å²) in [7, 11) is 0. The zero-order valence-corrected chi connectivity index (χ0v) is 12.5. The molecule has 1 aromatic heterocycles. The minimum Gasteiger partial charge on any atom is -0.335 e. The van der Waals surface area contributed by atoms with E-state index >= 15 is 0 Å². The summed E-state index contributed by atoms with van der Waals surface area (Å²) in [6, 6.07) is 12.0. The summed E-state index contributed by atoms with van der Waals surface area (Å²) in [5, 5.41) is 6.56. The monoisotopic (exact) mass is 296 g/mol. The first-order chi connectivity index (χ1) is 10.8. The Bertz CT molecular complexity index is 613. The maximum absolute atomic E-state index is 12.2. The highest BCUT2D eigenvalue weighted by molar-refractivity contribution is 5.92. The van der Waals surface area contributed by atoms with Crippen LogP contribution in [0.4, 0.5) is 0 Å². The Morgan fingerprint density at radius 1 is 1.14 bits per heavy atom. The second-order valence-corrected chi connectivity index (χ2v) is 5.38. The van der Waals surface area contributed by atoms with E-state index in [1.165, 1.54) is 5.56 Å². The highest BCUT2D eigenvalue weighted by Gasteiger charge is 2.22. The van der Waals surface area contributed by atoms with Crippen molar-refractivity contribution in [1.82, 2.24) is 20.0 Å². The molecule has 1 aliphatic rings. The lowest BCUT2D eigenvalue weighted by Gasteiger charge is -2.33. The number of carbonyl (C=O) groups excluding carboxylic acids is 1. The smallest absolute Gasteiger partial charge is 0.271 e. The van der Waals surface area contributed by atoms with Gasteiger partial charge in [-0.15, -0.1) is 0 Å². The third-order valence-electron chi connectivity index (χ3n) is 3.86. The van der Waals surface area contributed by atoms with Crippen LogP contribution in [0.3, 0.4) is 0 Å². The number of carbonyl (C=O) groups is 1. The second-order valence-electron chi connectivity index (χ2n) is 5.38. The Kier molecular flexibility index (Phi) is 4.65. The van der Waals surface area contributed by atoms with Crippen LogP contribution in [-0.4, -0.2) is 58.6 Å². The fraction of sp³-hybridized carbons (Fsp3) is 0.294. The lowest BCUT2D eigenvalue weighted by Crippen LogP contribution is -2.48. The number of piperazine rings is 1. The number of rotatable bonds is 4. The molecule has 1 saturated heterocycles. The van der Waals surface area contributed by atoms with Crippen molar-refractivity contribution in [3.8, 4) is 0 Å². The first kappa shape index (κ1) is 14.5. The molecule has 1 amide bonds. The molecule has 114 valence electrons. The van der Waals surface area contributed by atoms with Crippen LogP contribution in [0.15, 0.2) is 48.7 Å². The number of H-pyrrole nitrogens is 1. The Balaban J connectivity index is 1.46. The van der Waals surface area contributed by atoms with Gasteiger partial charge < -0.3 is 4.90 Å². The molecule has 0 aliphatic carbocycles. The van der Waals surface area contributed by atoms with Crippen molar-refractivity contribution < 1.29 is 4.79 Å². The molecular weight excluding hydrogens is 276 g/mol. The van der Waals surface area contributed by atoms with Crippen LogP contribution in [-0.2, 0) is 0 Å². The Hall–Kier alpha value is -2.40. The van der Waals surface area contributed by atoms with Crippen LogP contribution in [0, 0.1) is 0 Å². The van der Waals surface area contributed by atoms with Crippen LogP contribution in [0.5, 0.6) is 0 Å². The number of amides is 1. The van der Waals surface area contributed by atoms with E-state index in [4.69, 9.17) is 0 Å². The second kappa shape index (κ2) is 7.04. The predicted octanol–water partition coefficient (Wildman–Crippen LogP) is 1.88. The van der Waals surface area contributed by atoms with E-state index < -0.39 is 0 Å². The summed E-state index contributed by atoms with van der Waals surface area (Å²) >= 11 is 0. The number of aromatic nitrogens is 2. The molecule has 1 aliphatic heterocycles. The first-order valence-electron chi connectivity index (χ1n) is 7.55. The van der Waals surface area contributed by atoms with Crippen LogP contribution in [0.2, 0.25) is 0 Å². The molecule has 0 radical (unpaired) electrons.